The highest BCUT2D eigenvalue weighted by Crippen LogP contribution is 2.57. The number of benzene rings is 3. The number of carboxylic acid groups (broad SMARTS) is 1. The molecule has 0 saturated heterocycles. The Balaban J connectivity index is 1.55. The molecule has 1 aliphatic rings. The molecule has 10 nitrogen and oxygen atoms in total. The predicted molar refractivity (Wildman–Crippen MR) is 148 cm³/mol. The molecule has 0 amide bonds. The largest absolute Gasteiger partial charge is 0.494 e. The maximum absolute atomic E-state index is 12.0. The van der Waals surface area contributed by atoms with Crippen molar-refractivity contribution >= 4 is 27.8 Å². The molecule has 5 rings (SSSR count). The molecule has 4 aromatic rings. The summed E-state index contributed by atoms with van der Waals surface area (Å²) in [5, 5.41) is 18.1. The highest BCUT2D eigenvalue weighted by Gasteiger charge is 2.34. The normalized spacial score (nSPS) is 18.6. The van der Waals surface area contributed by atoms with Gasteiger partial charge in [-0.15, -0.1) is 15.9 Å². The number of aryl methyl sites for hydroxylation is 2. The number of carboxylic acids is 1. The fourth-order valence-corrected chi connectivity index (χ4v) is 6.78. The summed E-state index contributed by atoms with van der Waals surface area (Å²) < 4.78 is 37.5. The van der Waals surface area contributed by atoms with Crippen LogP contribution in [0.25, 0.3) is 11.0 Å². The number of fused-ring (bicyclic) bond motifs is 2. The van der Waals surface area contributed by atoms with E-state index in [9.17, 15) is 19.0 Å². The molecule has 1 aromatic heterocycles. The van der Waals surface area contributed by atoms with Crippen LogP contribution in [0.4, 0.5) is 0 Å². The molecule has 1 aliphatic heterocycles. The van der Waals surface area contributed by atoms with Gasteiger partial charge >= 0.3 is 5.97 Å². The third-order valence-corrected chi connectivity index (χ3v) is 9.03. The van der Waals surface area contributed by atoms with Gasteiger partial charge < -0.3 is 14.6 Å². The van der Waals surface area contributed by atoms with Crippen molar-refractivity contribution in [3.63, 3.8) is 0 Å². The van der Waals surface area contributed by atoms with Crippen molar-refractivity contribution in [1.29, 1.82) is 0 Å². The molecule has 0 fully saturated rings. The van der Waals surface area contributed by atoms with Crippen molar-refractivity contribution in [2.45, 2.75) is 43.7 Å². The van der Waals surface area contributed by atoms with Gasteiger partial charge in [-0.2, -0.15) is 4.31 Å². The van der Waals surface area contributed by atoms with Gasteiger partial charge in [0.05, 0.1) is 20.1 Å². The number of rotatable bonds is 7. The van der Waals surface area contributed by atoms with Gasteiger partial charge in [-0.1, -0.05) is 35.5 Å². The average molecular weight is 553 g/mol. The first-order chi connectivity index (χ1) is 18.6. The van der Waals surface area contributed by atoms with Crippen molar-refractivity contribution in [2.24, 2.45) is 7.05 Å². The van der Waals surface area contributed by atoms with E-state index < -0.39 is 22.7 Å². The molecular weight excluding hydrogens is 520 g/mol. The Morgan fingerprint density at radius 1 is 1.18 bits per heavy atom. The number of hydrogen-bond donors (Lipinski definition) is 3. The zero-order valence-electron chi connectivity index (χ0n) is 22.2. The van der Waals surface area contributed by atoms with Crippen molar-refractivity contribution < 1.29 is 28.5 Å². The zero-order chi connectivity index (χ0) is 27.9. The van der Waals surface area contributed by atoms with Gasteiger partial charge in [0.2, 0.25) is 0 Å². The van der Waals surface area contributed by atoms with Crippen LogP contribution >= 0.6 is 10.8 Å². The summed E-state index contributed by atoms with van der Waals surface area (Å²) in [6, 6.07) is 16.5. The van der Waals surface area contributed by atoms with Crippen LogP contribution in [-0.2, 0) is 18.4 Å². The van der Waals surface area contributed by atoms with Crippen LogP contribution in [0.5, 0.6) is 11.5 Å². The van der Waals surface area contributed by atoms with E-state index in [1.165, 1.54) is 0 Å². The Bertz CT molecular complexity index is 1540. The molecule has 3 N–H and O–H groups in total. The van der Waals surface area contributed by atoms with E-state index in [4.69, 9.17) is 9.47 Å². The van der Waals surface area contributed by atoms with Crippen molar-refractivity contribution in [1.82, 2.24) is 19.3 Å². The van der Waals surface area contributed by atoms with E-state index >= 15 is 0 Å². The second-order valence-corrected chi connectivity index (χ2v) is 11.9. The minimum Gasteiger partial charge on any atom is -0.494 e. The third-order valence-electron chi connectivity index (χ3n) is 7.10. The lowest BCUT2D eigenvalue weighted by molar-refractivity contribution is -0.137. The molecular formula is C28H32N4O6S. The monoisotopic (exact) mass is 552 g/mol. The maximum atomic E-state index is 12.0. The molecule has 3 aromatic carbocycles. The topological polar surface area (TPSA) is 130 Å². The van der Waals surface area contributed by atoms with Crippen LogP contribution in [0.3, 0.4) is 0 Å². The number of ether oxygens (including phenoxy) is 2. The van der Waals surface area contributed by atoms with Crippen LogP contribution in [0.1, 0.15) is 41.5 Å². The molecule has 0 radical (unpaired) electrons. The first kappa shape index (κ1) is 26.9. The minimum atomic E-state index is -3.32. The fourth-order valence-electron chi connectivity index (χ4n) is 5.12. The molecule has 0 aliphatic carbocycles. The summed E-state index contributed by atoms with van der Waals surface area (Å²) in [5.74, 6) is -0.407. The molecule has 2 heterocycles. The zero-order valence-corrected chi connectivity index (χ0v) is 23.1. The summed E-state index contributed by atoms with van der Waals surface area (Å²) in [6.07, 6.45) is -0.413. The van der Waals surface area contributed by atoms with Gasteiger partial charge in [-0.05, 0) is 60.4 Å². The second-order valence-electron chi connectivity index (χ2n) is 9.86. The number of carbonyl (C=O) groups is 1. The van der Waals surface area contributed by atoms with E-state index in [2.05, 4.69) is 10.3 Å². The number of methoxy groups -OCH3 is 1. The SMILES string of the molecule is COc1cc([C@@H](CC(=O)O)c2ccc(C)c(CN3CC(C)Oc4ccccc4S3(O)O)c2)cc2nnn(C)c12. The first-order valence-electron chi connectivity index (χ1n) is 12.6. The number of para-hydroxylation sites is 1. The van der Waals surface area contributed by atoms with Gasteiger partial charge in [-0.25, -0.2) is 4.68 Å². The molecule has 0 spiro atoms. The fraction of sp³-hybridized carbons (Fsp3) is 0.321. The van der Waals surface area contributed by atoms with E-state index in [-0.39, 0.29) is 19.1 Å². The van der Waals surface area contributed by atoms with Crippen LogP contribution in [-0.4, -0.2) is 59.2 Å². The second kappa shape index (κ2) is 10.5. The van der Waals surface area contributed by atoms with E-state index in [1.807, 2.05) is 44.2 Å². The van der Waals surface area contributed by atoms with E-state index in [0.29, 0.717) is 28.5 Å². The highest BCUT2D eigenvalue weighted by atomic mass is 32.3. The lowest BCUT2D eigenvalue weighted by atomic mass is 9.86. The predicted octanol–water partition coefficient (Wildman–Crippen LogP) is 5.20. The van der Waals surface area contributed by atoms with Gasteiger partial charge in [0, 0.05) is 19.5 Å². The average Bonchev–Trinajstić information content (AvgIpc) is 3.24. The summed E-state index contributed by atoms with van der Waals surface area (Å²) in [6.45, 7) is 4.40. The first-order valence-corrected chi connectivity index (χ1v) is 14.1. The Morgan fingerprint density at radius 2 is 1.95 bits per heavy atom. The summed E-state index contributed by atoms with van der Waals surface area (Å²) in [4.78, 5) is 12.3. The molecule has 206 valence electrons. The molecule has 0 bridgehead atoms. The van der Waals surface area contributed by atoms with E-state index in [1.54, 1.807) is 47.4 Å². The van der Waals surface area contributed by atoms with Crippen molar-refractivity contribution in [2.75, 3.05) is 13.7 Å². The van der Waals surface area contributed by atoms with Gasteiger partial charge in [0.25, 0.3) is 0 Å². The molecule has 11 heteroatoms. The Labute approximate surface area is 228 Å². The highest BCUT2D eigenvalue weighted by molar-refractivity contribution is 8.22. The Hall–Kier alpha value is -3.64. The van der Waals surface area contributed by atoms with Gasteiger partial charge in [0.15, 0.2) is 0 Å². The molecule has 2 atom stereocenters. The Kier molecular flexibility index (Phi) is 7.25. The quantitative estimate of drug-likeness (QED) is 0.283. The van der Waals surface area contributed by atoms with Crippen LogP contribution in [0, 0.1) is 6.92 Å². The standard InChI is InChI=1S/C28H32N4O6S/c1-17-9-10-19(22(14-27(33)34)20-12-23-28(25(13-20)37-4)31(3)30-29-23)11-21(17)16-32-15-18(2)38-24-7-5-6-8-26(24)39(32,35)36/h5-13,18,22,35-36H,14-16H2,1-4H3,(H,33,34)/t18?,22-/m0/s1. The summed E-state index contributed by atoms with van der Waals surface area (Å²) in [5.41, 5.74) is 4.69. The number of aromatic nitrogens is 3. The maximum Gasteiger partial charge on any atom is 0.304 e. The lowest BCUT2D eigenvalue weighted by Gasteiger charge is -2.42. The summed E-state index contributed by atoms with van der Waals surface area (Å²) in [7, 11) is 0.0112. The van der Waals surface area contributed by atoms with Crippen molar-refractivity contribution in [3.8, 4) is 11.5 Å². The minimum absolute atomic E-state index is 0.144. The van der Waals surface area contributed by atoms with Gasteiger partial charge in [-0.3, -0.25) is 13.9 Å². The number of hydrogen-bond acceptors (Lipinski definition) is 8. The number of aliphatic carboxylic acids is 1. The number of nitrogens with zero attached hydrogens (tertiary/aromatic N) is 4. The Morgan fingerprint density at radius 3 is 2.69 bits per heavy atom. The van der Waals surface area contributed by atoms with Gasteiger partial charge in [0.1, 0.15) is 33.5 Å². The van der Waals surface area contributed by atoms with Crippen molar-refractivity contribution in [3.05, 3.63) is 76.9 Å². The van der Waals surface area contributed by atoms with Crippen LogP contribution in [0.2, 0.25) is 0 Å². The molecule has 1 unspecified atom stereocenters. The molecule has 39 heavy (non-hydrogen) atoms. The third kappa shape index (κ3) is 5.18. The molecule has 0 saturated carbocycles. The summed E-state index contributed by atoms with van der Waals surface area (Å²) >= 11 is 0. The van der Waals surface area contributed by atoms with Crippen LogP contribution < -0.4 is 9.47 Å². The lowest BCUT2D eigenvalue weighted by Crippen LogP contribution is -2.33. The van der Waals surface area contributed by atoms with E-state index in [0.717, 1.165) is 27.8 Å². The van der Waals surface area contributed by atoms with Crippen LogP contribution in [0.15, 0.2) is 59.5 Å². The smallest absolute Gasteiger partial charge is 0.304 e.